The molecule has 28 heavy (non-hydrogen) atoms. The van der Waals surface area contributed by atoms with Crippen LogP contribution >= 0.6 is 23.1 Å². The molecule has 2 aromatic carbocycles. The Bertz CT molecular complexity index is 888. The van der Waals surface area contributed by atoms with Crippen LogP contribution in [0.25, 0.3) is 0 Å². The van der Waals surface area contributed by atoms with Crippen molar-refractivity contribution >= 4 is 29.0 Å². The molecular formula is C23H24N2OS2. The van der Waals surface area contributed by atoms with Gasteiger partial charge in [-0.1, -0.05) is 42.5 Å². The minimum absolute atomic E-state index is 0.0459. The van der Waals surface area contributed by atoms with Crippen LogP contribution in [0.1, 0.15) is 53.2 Å². The Morgan fingerprint density at radius 1 is 1.04 bits per heavy atom. The van der Waals surface area contributed by atoms with Crippen LogP contribution in [0.4, 0.5) is 0 Å². The first-order valence-corrected chi connectivity index (χ1v) is 11.7. The fourth-order valence-corrected chi connectivity index (χ4v) is 5.42. The first-order chi connectivity index (χ1) is 13.8. The summed E-state index contributed by atoms with van der Waals surface area (Å²) in [5, 5.41) is 5.33. The second kappa shape index (κ2) is 9.39. The Hall–Kier alpha value is -2.11. The van der Waals surface area contributed by atoms with Crippen LogP contribution in [-0.2, 0) is 5.75 Å². The third kappa shape index (κ3) is 4.83. The summed E-state index contributed by atoms with van der Waals surface area (Å²) in [5.74, 6) is 1.45. The molecule has 3 aromatic rings. The van der Waals surface area contributed by atoms with Gasteiger partial charge in [0.1, 0.15) is 0 Å². The van der Waals surface area contributed by atoms with Crippen molar-refractivity contribution in [1.29, 1.82) is 0 Å². The number of aromatic nitrogens is 1. The summed E-state index contributed by atoms with van der Waals surface area (Å²) in [6, 6.07) is 18.9. The summed E-state index contributed by atoms with van der Waals surface area (Å²) >= 11 is 3.28. The topological polar surface area (TPSA) is 42.0 Å². The van der Waals surface area contributed by atoms with Crippen molar-refractivity contribution in [2.75, 3.05) is 0 Å². The second-order valence-corrected chi connectivity index (χ2v) is 8.93. The molecule has 1 amide bonds. The van der Waals surface area contributed by atoms with Crippen LogP contribution < -0.4 is 5.32 Å². The molecule has 1 aromatic heterocycles. The molecule has 144 valence electrons. The summed E-state index contributed by atoms with van der Waals surface area (Å²) in [5.41, 5.74) is 5.11. The zero-order chi connectivity index (χ0) is 19.2. The van der Waals surface area contributed by atoms with E-state index in [1.807, 2.05) is 29.8 Å². The van der Waals surface area contributed by atoms with Crippen molar-refractivity contribution in [3.63, 3.8) is 0 Å². The molecule has 0 radical (unpaired) electrons. The molecule has 1 aliphatic carbocycles. The Labute approximate surface area is 174 Å². The van der Waals surface area contributed by atoms with E-state index < -0.39 is 0 Å². The minimum atomic E-state index is 0.0459. The third-order valence-electron chi connectivity index (χ3n) is 5.32. The Balaban J connectivity index is 1.34. The van der Waals surface area contributed by atoms with Crippen LogP contribution in [0.2, 0.25) is 0 Å². The van der Waals surface area contributed by atoms with Gasteiger partial charge in [0.25, 0.3) is 5.91 Å². The predicted octanol–water partition coefficient (Wildman–Crippen LogP) is 5.89. The van der Waals surface area contributed by atoms with Crippen LogP contribution in [0.5, 0.6) is 0 Å². The Morgan fingerprint density at radius 3 is 2.54 bits per heavy atom. The van der Waals surface area contributed by atoms with Crippen molar-refractivity contribution < 1.29 is 4.79 Å². The largest absolute Gasteiger partial charge is 0.349 e. The molecule has 0 atom stereocenters. The molecule has 0 saturated heterocycles. The van der Waals surface area contributed by atoms with Crippen LogP contribution in [-0.4, -0.2) is 16.9 Å². The minimum Gasteiger partial charge on any atom is -0.349 e. The Morgan fingerprint density at radius 2 is 1.79 bits per heavy atom. The van der Waals surface area contributed by atoms with Crippen molar-refractivity contribution in [1.82, 2.24) is 10.3 Å². The van der Waals surface area contributed by atoms with Gasteiger partial charge in [-0.25, -0.2) is 4.98 Å². The molecule has 1 heterocycles. The van der Waals surface area contributed by atoms with E-state index in [0.29, 0.717) is 5.92 Å². The van der Waals surface area contributed by atoms with Gasteiger partial charge in [-0.2, -0.15) is 0 Å². The molecule has 4 rings (SSSR count). The highest BCUT2D eigenvalue weighted by Gasteiger charge is 2.24. The van der Waals surface area contributed by atoms with Gasteiger partial charge >= 0.3 is 0 Å². The first kappa shape index (κ1) is 19.2. The average Bonchev–Trinajstić information content (AvgIpc) is 3.27. The van der Waals surface area contributed by atoms with Crippen molar-refractivity contribution in [2.45, 2.75) is 48.3 Å². The van der Waals surface area contributed by atoms with Gasteiger partial charge < -0.3 is 5.32 Å². The third-order valence-corrected chi connectivity index (χ3v) is 7.07. The molecule has 5 heteroatoms. The molecule has 3 nitrogen and oxygen atoms in total. The van der Waals surface area contributed by atoms with E-state index >= 15 is 0 Å². The number of carbonyl (C=O) groups is 1. The Kier molecular flexibility index (Phi) is 6.45. The zero-order valence-electron chi connectivity index (χ0n) is 15.7. The normalized spacial score (nSPS) is 19.3. The number of thioether (sulfide) groups is 1. The van der Waals surface area contributed by atoms with Crippen LogP contribution in [0.15, 0.2) is 70.4 Å². The lowest BCUT2D eigenvalue weighted by Crippen LogP contribution is -2.37. The number of hydrogen-bond acceptors (Lipinski definition) is 4. The number of amides is 1. The van der Waals surface area contributed by atoms with Gasteiger partial charge in [0.2, 0.25) is 0 Å². The summed E-state index contributed by atoms with van der Waals surface area (Å²) < 4.78 is 0. The molecular weight excluding hydrogens is 384 g/mol. The zero-order valence-corrected chi connectivity index (χ0v) is 17.3. The maximum atomic E-state index is 12.9. The lowest BCUT2D eigenvalue weighted by atomic mass is 9.82. The highest BCUT2D eigenvalue weighted by molar-refractivity contribution is 7.98. The molecule has 1 N–H and O–H groups in total. The second-order valence-electron chi connectivity index (χ2n) is 7.20. The number of thiazole rings is 1. The van der Waals surface area contributed by atoms with E-state index in [-0.39, 0.29) is 11.9 Å². The van der Waals surface area contributed by atoms with E-state index in [0.717, 1.165) is 47.6 Å². The number of hydrogen-bond donors (Lipinski definition) is 1. The van der Waals surface area contributed by atoms with Crippen molar-refractivity contribution in [3.05, 3.63) is 82.3 Å². The first-order valence-electron chi connectivity index (χ1n) is 9.74. The average molecular weight is 409 g/mol. The summed E-state index contributed by atoms with van der Waals surface area (Å²) in [6.45, 7) is 0. The molecule has 1 saturated carbocycles. The van der Waals surface area contributed by atoms with E-state index in [1.54, 1.807) is 23.1 Å². The quantitative estimate of drug-likeness (QED) is 0.517. The van der Waals surface area contributed by atoms with Crippen LogP contribution in [0.3, 0.4) is 0 Å². The molecule has 1 fully saturated rings. The molecule has 0 aliphatic heterocycles. The van der Waals surface area contributed by atoms with Crippen molar-refractivity contribution in [2.24, 2.45) is 0 Å². The van der Waals surface area contributed by atoms with Crippen LogP contribution in [0, 0.1) is 0 Å². The van der Waals surface area contributed by atoms with E-state index in [9.17, 15) is 4.79 Å². The monoisotopic (exact) mass is 408 g/mol. The summed E-state index contributed by atoms with van der Waals surface area (Å²) in [7, 11) is 0. The number of carbonyl (C=O) groups excluding carboxylic acids is 1. The molecule has 0 bridgehead atoms. The SMILES string of the molecule is O=C(NC1CCC(c2ccccc2)CC1)c1ccccc1SCc1cscn1. The number of nitrogens with zero attached hydrogens (tertiary/aromatic N) is 1. The summed E-state index contributed by atoms with van der Waals surface area (Å²) in [4.78, 5) is 18.3. The lowest BCUT2D eigenvalue weighted by Gasteiger charge is -2.29. The molecule has 1 aliphatic rings. The predicted molar refractivity (Wildman–Crippen MR) is 117 cm³/mol. The van der Waals surface area contributed by atoms with Gasteiger partial charge in [-0.05, 0) is 49.3 Å². The van der Waals surface area contributed by atoms with Crippen molar-refractivity contribution in [3.8, 4) is 0 Å². The molecule has 0 spiro atoms. The van der Waals surface area contributed by atoms with E-state index in [4.69, 9.17) is 0 Å². The standard InChI is InChI=1S/C23H24N2OS2/c26-23(21-8-4-5-9-22(21)28-15-20-14-27-16-24-20)25-19-12-10-18(11-13-19)17-6-2-1-3-7-17/h1-9,14,16,18-19H,10-13,15H2,(H,25,26). The van der Waals surface area contributed by atoms with Gasteiger partial charge in [0, 0.05) is 22.1 Å². The highest BCUT2D eigenvalue weighted by atomic mass is 32.2. The number of nitrogens with one attached hydrogen (secondary N) is 1. The lowest BCUT2D eigenvalue weighted by molar-refractivity contribution is 0.0923. The smallest absolute Gasteiger partial charge is 0.252 e. The van der Waals surface area contributed by atoms with Gasteiger partial charge in [-0.3, -0.25) is 4.79 Å². The fraction of sp³-hybridized carbons (Fsp3) is 0.304. The number of rotatable bonds is 6. The van der Waals surface area contributed by atoms with Gasteiger partial charge in [0.05, 0.1) is 16.8 Å². The highest BCUT2D eigenvalue weighted by Crippen LogP contribution is 2.33. The number of benzene rings is 2. The van der Waals surface area contributed by atoms with E-state index in [2.05, 4.69) is 46.0 Å². The summed E-state index contributed by atoms with van der Waals surface area (Å²) in [6.07, 6.45) is 4.35. The molecule has 0 unspecified atom stereocenters. The van der Waals surface area contributed by atoms with Gasteiger partial charge in [-0.15, -0.1) is 23.1 Å². The maximum absolute atomic E-state index is 12.9. The maximum Gasteiger partial charge on any atom is 0.252 e. The fourth-order valence-electron chi connectivity index (χ4n) is 3.80. The van der Waals surface area contributed by atoms with E-state index in [1.165, 1.54) is 5.56 Å². The van der Waals surface area contributed by atoms with Gasteiger partial charge in [0.15, 0.2) is 0 Å².